The lowest BCUT2D eigenvalue weighted by Crippen LogP contribution is -2.07. The van der Waals surface area contributed by atoms with Crippen molar-refractivity contribution in [2.45, 2.75) is 26.8 Å². The number of thiocarbonyl (C=S) groups is 1. The van der Waals surface area contributed by atoms with Crippen LogP contribution in [0, 0.1) is 6.92 Å². The summed E-state index contributed by atoms with van der Waals surface area (Å²) in [6, 6.07) is 22.0. The molecule has 1 aromatic heterocycles. The van der Waals surface area contributed by atoms with Gasteiger partial charge in [0.05, 0.1) is 12.1 Å². The summed E-state index contributed by atoms with van der Waals surface area (Å²) < 4.78 is 2.73. The second kappa shape index (κ2) is 9.63. The summed E-state index contributed by atoms with van der Waals surface area (Å²) in [5, 5.41) is 23.7. The maximum absolute atomic E-state index is 11.0. The van der Waals surface area contributed by atoms with E-state index in [1.54, 1.807) is 0 Å². The predicted molar refractivity (Wildman–Crippen MR) is 138 cm³/mol. The molecule has 0 fully saturated rings. The predicted octanol–water partition coefficient (Wildman–Crippen LogP) is 7.51. The molecular formula is C25H23BrN4OS. The van der Waals surface area contributed by atoms with E-state index in [0.29, 0.717) is 12.2 Å². The number of hydrogen-bond acceptors (Lipinski definition) is 3. The Kier molecular flexibility index (Phi) is 6.67. The first-order valence-electron chi connectivity index (χ1n) is 10.3. The zero-order chi connectivity index (χ0) is 22.7. The molecule has 0 saturated carbocycles. The van der Waals surface area contributed by atoms with Crippen LogP contribution in [-0.2, 0) is 13.0 Å². The van der Waals surface area contributed by atoms with Gasteiger partial charge in [-0.1, -0.05) is 70.9 Å². The number of azo groups is 1. The second-order valence-electron chi connectivity index (χ2n) is 7.55. The van der Waals surface area contributed by atoms with Crippen molar-refractivity contribution in [2.24, 2.45) is 10.2 Å². The topological polar surface area (TPSA) is 61.9 Å². The van der Waals surface area contributed by atoms with Crippen LogP contribution in [0.1, 0.15) is 23.6 Å². The van der Waals surface area contributed by atoms with E-state index >= 15 is 0 Å². The summed E-state index contributed by atoms with van der Waals surface area (Å²) >= 11 is 8.90. The van der Waals surface area contributed by atoms with Gasteiger partial charge in [0.15, 0.2) is 5.69 Å². The number of nitrogens with zero attached hydrogens (tertiary/aromatic N) is 3. The largest absolute Gasteiger partial charge is 0.493 e. The molecule has 0 atom stereocenters. The van der Waals surface area contributed by atoms with E-state index in [4.69, 9.17) is 12.2 Å². The maximum Gasteiger partial charge on any atom is 0.221 e. The molecule has 1 heterocycles. The van der Waals surface area contributed by atoms with Crippen molar-refractivity contribution in [1.29, 1.82) is 0 Å². The Morgan fingerprint density at radius 2 is 1.84 bits per heavy atom. The SMILES string of the molecule is CCc1ccccc1NC(=S)N=Nc1c(O)n(Cc2ccc(C)cc2)c2ccc(Br)cc12. The van der Waals surface area contributed by atoms with Gasteiger partial charge in [0.1, 0.15) is 0 Å². The maximum atomic E-state index is 11.0. The Morgan fingerprint density at radius 3 is 2.59 bits per heavy atom. The first-order valence-corrected chi connectivity index (χ1v) is 11.5. The number of aromatic hydroxyl groups is 1. The normalized spacial score (nSPS) is 11.3. The Labute approximate surface area is 200 Å². The number of benzene rings is 3. The minimum absolute atomic E-state index is 0.0548. The van der Waals surface area contributed by atoms with Gasteiger partial charge in [-0.3, -0.25) is 0 Å². The molecule has 0 bridgehead atoms. The van der Waals surface area contributed by atoms with Crippen molar-refractivity contribution < 1.29 is 5.11 Å². The third kappa shape index (κ3) is 4.74. The number of nitrogens with one attached hydrogen (secondary N) is 1. The van der Waals surface area contributed by atoms with Gasteiger partial charge in [0, 0.05) is 15.5 Å². The lowest BCUT2D eigenvalue weighted by molar-refractivity contribution is 0.429. The van der Waals surface area contributed by atoms with Crippen LogP contribution in [0.3, 0.4) is 0 Å². The van der Waals surface area contributed by atoms with Crippen LogP contribution in [0.4, 0.5) is 11.4 Å². The first-order chi connectivity index (χ1) is 15.5. The fourth-order valence-electron chi connectivity index (χ4n) is 3.62. The van der Waals surface area contributed by atoms with E-state index in [0.717, 1.165) is 38.6 Å². The Hall–Kier alpha value is -3.03. The molecule has 162 valence electrons. The smallest absolute Gasteiger partial charge is 0.221 e. The Bertz CT molecular complexity index is 1310. The van der Waals surface area contributed by atoms with Crippen LogP contribution >= 0.6 is 28.1 Å². The van der Waals surface area contributed by atoms with Gasteiger partial charge < -0.3 is 15.0 Å². The fourth-order valence-corrected chi connectivity index (χ4v) is 4.13. The number of halogens is 1. The van der Waals surface area contributed by atoms with E-state index in [-0.39, 0.29) is 11.0 Å². The molecule has 0 aliphatic heterocycles. The molecule has 5 nitrogen and oxygen atoms in total. The highest BCUT2D eigenvalue weighted by atomic mass is 79.9. The van der Waals surface area contributed by atoms with E-state index in [1.807, 2.05) is 47.0 Å². The van der Waals surface area contributed by atoms with Crippen molar-refractivity contribution in [1.82, 2.24) is 4.57 Å². The number of rotatable bonds is 5. The second-order valence-corrected chi connectivity index (χ2v) is 8.85. The van der Waals surface area contributed by atoms with Crippen molar-refractivity contribution >= 4 is 55.5 Å². The van der Waals surface area contributed by atoms with Crippen LogP contribution in [0.15, 0.2) is 81.4 Å². The zero-order valence-corrected chi connectivity index (χ0v) is 20.2. The number of anilines is 1. The van der Waals surface area contributed by atoms with Gasteiger partial charge in [-0.15, -0.1) is 10.2 Å². The number of para-hydroxylation sites is 1. The van der Waals surface area contributed by atoms with E-state index in [1.165, 1.54) is 5.56 Å². The average Bonchev–Trinajstić information content (AvgIpc) is 3.04. The molecule has 2 N–H and O–H groups in total. The van der Waals surface area contributed by atoms with Crippen LogP contribution in [0.5, 0.6) is 5.88 Å². The number of aryl methyl sites for hydroxylation is 2. The highest BCUT2D eigenvalue weighted by Gasteiger charge is 2.17. The van der Waals surface area contributed by atoms with Crippen molar-refractivity contribution in [3.05, 3.63) is 87.9 Å². The van der Waals surface area contributed by atoms with Gasteiger partial charge in [-0.05, 0) is 61.0 Å². The van der Waals surface area contributed by atoms with Gasteiger partial charge in [-0.2, -0.15) is 0 Å². The van der Waals surface area contributed by atoms with Crippen LogP contribution < -0.4 is 5.32 Å². The molecule has 0 spiro atoms. The van der Waals surface area contributed by atoms with E-state index in [9.17, 15) is 5.11 Å². The summed E-state index contributed by atoms with van der Waals surface area (Å²) in [6.07, 6.45) is 0.879. The van der Waals surface area contributed by atoms with Crippen molar-refractivity contribution in [3.63, 3.8) is 0 Å². The molecule has 0 aliphatic rings. The summed E-state index contributed by atoms with van der Waals surface area (Å²) in [4.78, 5) is 0. The number of fused-ring (bicyclic) bond motifs is 1. The van der Waals surface area contributed by atoms with Crippen molar-refractivity contribution in [3.8, 4) is 5.88 Å². The Morgan fingerprint density at radius 1 is 1.09 bits per heavy atom. The molecule has 3 aromatic carbocycles. The molecule has 0 saturated heterocycles. The van der Waals surface area contributed by atoms with Gasteiger partial charge in [0.25, 0.3) is 0 Å². The minimum atomic E-state index is 0.0548. The Balaban J connectivity index is 1.67. The number of hydrogen-bond donors (Lipinski definition) is 2. The molecule has 0 unspecified atom stereocenters. The molecule has 0 radical (unpaired) electrons. The van der Waals surface area contributed by atoms with Gasteiger partial charge in [0.2, 0.25) is 11.0 Å². The highest BCUT2D eigenvalue weighted by Crippen LogP contribution is 2.40. The standard InChI is InChI=1S/C25H23BrN4OS/c1-3-18-6-4-5-7-21(18)27-25(32)29-28-23-20-14-19(26)12-13-22(20)30(24(23)31)15-17-10-8-16(2)9-11-17/h4-14,31H,3,15H2,1-2H3,(H,27,32). The highest BCUT2D eigenvalue weighted by molar-refractivity contribution is 9.10. The molecule has 4 aromatic rings. The van der Waals surface area contributed by atoms with Crippen LogP contribution in [-0.4, -0.2) is 14.8 Å². The third-order valence-electron chi connectivity index (χ3n) is 5.31. The van der Waals surface area contributed by atoms with Gasteiger partial charge >= 0.3 is 0 Å². The summed E-state index contributed by atoms with van der Waals surface area (Å²) in [5.41, 5.74) is 5.60. The molecule has 0 aliphatic carbocycles. The zero-order valence-electron chi connectivity index (χ0n) is 17.8. The lowest BCUT2D eigenvalue weighted by atomic mass is 10.1. The van der Waals surface area contributed by atoms with E-state index < -0.39 is 0 Å². The van der Waals surface area contributed by atoms with Crippen LogP contribution in [0.2, 0.25) is 0 Å². The van der Waals surface area contributed by atoms with Crippen molar-refractivity contribution in [2.75, 3.05) is 5.32 Å². The lowest BCUT2D eigenvalue weighted by Gasteiger charge is -2.08. The monoisotopic (exact) mass is 506 g/mol. The molecular weight excluding hydrogens is 484 g/mol. The quantitative estimate of drug-likeness (QED) is 0.217. The summed E-state index contributed by atoms with van der Waals surface area (Å²) in [7, 11) is 0. The summed E-state index contributed by atoms with van der Waals surface area (Å²) in [6.45, 7) is 4.66. The first kappa shape index (κ1) is 22.2. The van der Waals surface area contributed by atoms with Crippen LogP contribution in [0.25, 0.3) is 10.9 Å². The fraction of sp³-hybridized carbons (Fsp3) is 0.160. The third-order valence-corrected chi connectivity index (χ3v) is 5.99. The van der Waals surface area contributed by atoms with Gasteiger partial charge in [-0.25, -0.2) is 0 Å². The molecule has 32 heavy (non-hydrogen) atoms. The molecule has 4 rings (SSSR count). The number of aromatic nitrogens is 1. The summed E-state index contributed by atoms with van der Waals surface area (Å²) in [5.74, 6) is 0.0548. The molecule has 7 heteroatoms. The average molecular weight is 507 g/mol. The molecule has 0 amide bonds. The van der Waals surface area contributed by atoms with E-state index in [2.05, 4.69) is 69.6 Å². The minimum Gasteiger partial charge on any atom is -0.493 e.